The number of rotatable bonds is 45. The Morgan fingerprint density at radius 3 is 1.18 bits per heavy atom. The van der Waals surface area contributed by atoms with Crippen molar-refractivity contribution in [3.8, 4) is 0 Å². The largest absolute Gasteiger partial charge is 0.465 e. The van der Waals surface area contributed by atoms with Crippen molar-refractivity contribution in [2.75, 3.05) is 39.5 Å². The first-order valence-corrected chi connectivity index (χ1v) is 24.8. The highest BCUT2D eigenvalue weighted by Gasteiger charge is 2.21. The van der Waals surface area contributed by atoms with E-state index in [1.165, 1.54) is 103 Å². The van der Waals surface area contributed by atoms with Gasteiger partial charge in [0.05, 0.1) is 31.2 Å². The van der Waals surface area contributed by atoms with Crippen LogP contribution in [-0.4, -0.2) is 72.6 Å². The van der Waals surface area contributed by atoms with E-state index in [0.717, 1.165) is 122 Å². The van der Waals surface area contributed by atoms with Crippen LogP contribution in [-0.2, 0) is 19.1 Å². The summed E-state index contributed by atoms with van der Waals surface area (Å²) in [7, 11) is 0. The summed E-state index contributed by atoms with van der Waals surface area (Å²) in [6.45, 7) is 12.7. The lowest BCUT2D eigenvalue weighted by Crippen LogP contribution is -2.34. The normalized spacial score (nSPS) is 13.3. The molecule has 334 valence electrons. The molecule has 0 aromatic carbocycles. The average molecular weight is 796 g/mol. The SMILES string of the molecule is CCCCCCCCC(CCCCCC)C(=O)OCCCCCCN(CCCCCO)CC(O)CCCCOC(=O)C(CCCCCC)CCCCCCCC. The maximum Gasteiger partial charge on any atom is 0.308 e. The molecule has 0 aliphatic rings. The van der Waals surface area contributed by atoms with Crippen LogP contribution in [0.2, 0.25) is 0 Å². The smallest absolute Gasteiger partial charge is 0.308 e. The lowest BCUT2D eigenvalue weighted by atomic mass is 9.94. The van der Waals surface area contributed by atoms with Crippen molar-refractivity contribution in [2.45, 2.75) is 252 Å². The van der Waals surface area contributed by atoms with Crippen molar-refractivity contribution in [1.29, 1.82) is 0 Å². The molecule has 0 aromatic heterocycles. The number of unbranched alkanes of at least 4 members (excludes halogenated alkanes) is 22. The van der Waals surface area contributed by atoms with E-state index >= 15 is 0 Å². The van der Waals surface area contributed by atoms with E-state index < -0.39 is 6.10 Å². The lowest BCUT2D eigenvalue weighted by Gasteiger charge is -2.25. The first-order valence-electron chi connectivity index (χ1n) is 24.8. The topological polar surface area (TPSA) is 96.3 Å². The predicted molar refractivity (Wildman–Crippen MR) is 238 cm³/mol. The van der Waals surface area contributed by atoms with Crippen molar-refractivity contribution in [3.63, 3.8) is 0 Å². The Kier molecular flexibility index (Phi) is 42.5. The van der Waals surface area contributed by atoms with Gasteiger partial charge in [-0.25, -0.2) is 0 Å². The second-order valence-corrected chi connectivity index (χ2v) is 17.2. The maximum absolute atomic E-state index is 13.0. The standard InChI is InChI=1S/C49H97NO6/c1-5-9-13-17-19-26-36-45(34-24-15-11-7-3)48(53)55-42-32-22-21-29-39-50(40-30-23-31-41-51)44-47(52)38-28-33-43-56-49(54)46(35-25-16-12-8-4)37-27-20-18-14-10-6-2/h45-47,51-52H,5-44H2,1-4H3. The highest BCUT2D eigenvalue weighted by atomic mass is 16.5. The first-order chi connectivity index (χ1) is 27.4. The molecule has 7 heteroatoms. The van der Waals surface area contributed by atoms with Crippen LogP contribution in [0.25, 0.3) is 0 Å². The van der Waals surface area contributed by atoms with Gasteiger partial charge in [0.25, 0.3) is 0 Å². The summed E-state index contributed by atoms with van der Waals surface area (Å²) in [4.78, 5) is 28.4. The van der Waals surface area contributed by atoms with Crippen LogP contribution in [0, 0.1) is 11.8 Å². The Morgan fingerprint density at radius 2 is 0.750 bits per heavy atom. The number of carbonyl (C=O) groups excluding carboxylic acids is 2. The molecule has 0 radical (unpaired) electrons. The molecule has 0 fully saturated rings. The van der Waals surface area contributed by atoms with E-state index in [1.54, 1.807) is 0 Å². The minimum absolute atomic E-state index is 0.00619. The minimum Gasteiger partial charge on any atom is -0.465 e. The Balaban J connectivity index is 4.55. The summed E-state index contributed by atoms with van der Waals surface area (Å²) in [5.41, 5.74) is 0. The van der Waals surface area contributed by atoms with E-state index in [-0.39, 0.29) is 30.4 Å². The molecule has 56 heavy (non-hydrogen) atoms. The first kappa shape index (κ1) is 54.8. The van der Waals surface area contributed by atoms with Gasteiger partial charge < -0.3 is 24.6 Å². The van der Waals surface area contributed by atoms with E-state index in [1.807, 2.05) is 0 Å². The van der Waals surface area contributed by atoms with Gasteiger partial charge in [-0.15, -0.1) is 0 Å². The number of nitrogens with zero attached hydrogens (tertiary/aromatic N) is 1. The van der Waals surface area contributed by atoms with Crippen molar-refractivity contribution in [3.05, 3.63) is 0 Å². The summed E-state index contributed by atoms with van der Waals surface area (Å²) in [5.74, 6) is 0.126. The van der Waals surface area contributed by atoms with E-state index in [0.29, 0.717) is 26.2 Å². The fourth-order valence-electron chi connectivity index (χ4n) is 7.90. The third-order valence-corrected chi connectivity index (χ3v) is 11.7. The van der Waals surface area contributed by atoms with Gasteiger partial charge in [0.2, 0.25) is 0 Å². The Hall–Kier alpha value is -1.18. The van der Waals surface area contributed by atoms with E-state index in [2.05, 4.69) is 32.6 Å². The molecule has 2 N–H and O–H groups in total. The molecule has 0 aliphatic carbocycles. The van der Waals surface area contributed by atoms with Crippen LogP contribution in [0.4, 0.5) is 0 Å². The van der Waals surface area contributed by atoms with Gasteiger partial charge in [-0.3, -0.25) is 9.59 Å². The molecule has 3 atom stereocenters. The molecule has 0 aromatic rings. The van der Waals surface area contributed by atoms with Crippen molar-refractivity contribution in [1.82, 2.24) is 4.90 Å². The molecule has 0 heterocycles. The van der Waals surface area contributed by atoms with Gasteiger partial charge in [0, 0.05) is 13.2 Å². The molecular formula is C49H97NO6. The summed E-state index contributed by atoms with van der Waals surface area (Å²) in [5, 5.41) is 20.2. The van der Waals surface area contributed by atoms with Crippen molar-refractivity contribution < 1.29 is 29.3 Å². The number of hydrogen-bond acceptors (Lipinski definition) is 7. The number of hydrogen-bond donors (Lipinski definition) is 2. The van der Waals surface area contributed by atoms with Crippen molar-refractivity contribution >= 4 is 11.9 Å². The van der Waals surface area contributed by atoms with E-state index in [9.17, 15) is 19.8 Å². The number of aliphatic hydroxyl groups is 2. The zero-order valence-electron chi connectivity index (χ0n) is 38.0. The molecule has 0 bridgehead atoms. The van der Waals surface area contributed by atoms with Gasteiger partial charge in [0.1, 0.15) is 0 Å². The summed E-state index contributed by atoms with van der Waals surface area (Å²) >= 11 is 0. The summed E-state index contributed by atoms with van der Waals surface area (Å²) in [6, 6.07) is 0. The third kappa shape index (κ3) is 35.9. The summed E-state index contributed by atoms with van der Waals surface area (Å²) in [6.07, 6.45) is 37.3. The average Bonchev–Trinajstić information content (AvgIpc) is 3.19. The second kappa shape index (κ2) is 43.4. The molecule has 0 aliphatic heterocycles. The van der Waals surface area contributed by atoms with Crippen LogP contribution >= 0.6 is 0 Å². The number of ether oxygens (including phenoxy) is 2. The fourth-order valence-corrected chi connectivity index (χ4v) is 7.90. The molecule has 7 nitrogen and oxygen atoms in total. The van der Waals surface area contributed by atoms with Crippen LogP contribution in [0.1, 0.15) is 246 Å². The molecule has 0 saturated heterocycles. The molecule has 3 unspecified atom stereocenters. The van der Waals surface area contributed by atoms with Gasteiger partial charge in [0.15, 0.2) is 0 Å². The van der Waals surface area contributed by atoms with Crippen LogP contribution < -0.4 is 0 Å². The van der Waals surface area contributed by atoms with Gasteiger partial charge >= 0.3 is 11.9 Å². The van der Waals surface area contributed by atoms with Gasteiger partial charge in [-0.2, -0.15) is 0 Å². The van der Waals surface area contributed by atoms with Crippen LogP contribution in [0.3, 0.4) is 0 Å². The van der Waals surface area contributed by atoms with Gasteiger partial charge in [-0.05, 0) is 90.1 Å². The zero-order valence-corrected chi connectivity index (χ0v) is 38.0. The highest BCUT2D eigenvalue weighted by Crippen LogP contribution is 2.22. The molecular weight excluding hydrogens is 699 g/mol. The Bertz CT molecular complexity index is 824. The predicted octanol–water partition coefficient (Wildman–Crippen LogP) is 13.3. The number of aliphatic hydroxyl groups excluding tert-OH is 2. The second-order valence-electron chi connectivity index (χ2n) is 17.2. The molecule has 0 rings (SSSR count). The van der Waals surface area contributed by atoms with Crippen molar-refractivity contribution in [2.24, 2.45) is 11.8 Å². The Labute approximate surface area is 348 Å². The third-order valence-electron chi connectivity index (χ3n) is 11.7. The maximum atomic E-state index is 13.0. The fraction of sp³-hybridized carbons (Fsp3) is 0.959. The lowest BCUT2D eigenvalue weighted by molar-refractivity contribution is -0.150. The van der Waals surface area contributed by atoms with Gasteiger partial charge in [-0.1, -0.05) is 169 Å². The highest BCUT2D eigenvalue weighted by molar-refractivity contribution is 5.72. The zero-order chi connectivity index (χ0) is 41.2. The molecule has 0 spiro atoms. The molecule has 0 amide bonds. The monoisotopic (exact) mass is 796 g/mol. The number of carbonyl (C=O) groups is 2. The molecule has 0 saturated carbocycles. The van der Waals surface area contributed by atoms with Crippen LogP contribution in [0.15, 0.2) is 0 Å². The minimum atomic E-state index is -0.395. The quantitative estimate of drug-likeness (QED) is 0.0468. The van der Waals surface area contributed by atoms with E-state index in [4.69, 9.17) is 9.47 Å². The Morgan fingerprint density at radius 1 is 0.429 bits per heavy atom. The number of esters is 2. The van der Waals surface area contributed by atoms with Crippen LogP contribution in [0.5, 0.6) is 0 Å². The summed E-state index contributed by atoms with van der Waals surface area (Å²) < 4.78 is 11.6.